The molecule has 0 unspecified atom stereocenters. The summed E-state index contributed by atoms with van der Waals surface area (Å²) in [5.74, 6) is 4.92. The lowest BCUT2D eigenvalue weighted by Gasteiger charge is -2.21. The third-order valence-corrected chi connectivity index (χ3v) is 3.63. The van der Waals surface area contributed by atoms with Crippen molar-refractivity contribution < 1.29 is 19.0 Å². The number of rotatable bonds is 17. The van der Waals surface area contributed by atoms with Crippen LogP contribution >= 0.6 is 0 Å². The van der Waals surface area contributed by atoms with E-state index >= 15 is 0 Å². The van der Waals surface area contributed by atoms with Crippen LogP contribution in [0.5, 0.6) is 0 Å². The predicted octanol–water partition coefficient (Wildman–Crippen LogP) is 2.28. The Balaban J connectivity index is 3.77. The molecule has 0 saturated carbocycles. The van der Waals surface area contributed by atoms with Crippen molar-refractivity contribution in [3.05, 3.63) is 0 Å². The zero-order valence-electron chi connectivity index (χ0n) is 16.1. The maximum Gasteiger partial charge on any atom is 0.407 e. The number of amides is 1. The van der Waals surface area contributed by atoms with E-state index in [1.165, 1.54) is 0 Å². The molecule has 0 aliphatic heterocycles. The fraction of sp³-hybridized carbons (Fsp3) is 0.750. The Hall–Kier alpha value is -1.73. The molecule has 0 radical (unpaired) electrons. The van der Waals surface area contributed by atoms with Gasteiger partial charge in [0, 0.05) is 19.6 Å². The summed E-state index contributed by atoms with van der Waals surface area (Å²) in [6.45, 7) is 7.62. The van der Waals surface area contributed by atoms with Gasteiger partial charge in [-0.3, -0.25) is 4.90 Å². The standard InChI is InChI=1S/C20H34N2O4/c1-4-7-17-26-20(23)21-11-9-8-10-12-22(13-18-24-15-5-2)14-19-25-16-6-3/h2-3H,4,7-19H2,1H3,(H,21,23). The molecule has 0 spiro atoms. The van der Waals surface area contributed by atoms with Gasteiger partial charge in [0.1, 0.15) is 13.2 Å². The quantitative estimate of drug-likeness (QED) is 0.316. The topological polar surface area (TPSA) is 60.0 Å². The lowest BCUT2D eigenvalue weighted by atomic mass is 10.2. The van der Waals surface area contributed by atoms with E-state index < -0.39 is 0 Å². The van der Waals surface area contributed by atoms with Crippen molar-refractivity contribution >= 4 is 6.09 Å². The lowest BCUT2D eigenvalue weighted by Crippen LogP contribution is -2.32. The molecule has 0 aromatic rings. The number of nitrogens with zero attached hydrogens (tertiary/aromatic N) is 1. The second kappa shape index (κ2) is 19.6. The molecule has 0 aliphatic rings. The highest BCUT2D eigenvalue weighted by Gasteiger charge is 2.05. The lowest BCUT2D eigenvalue weighted by molar-refractivity contribution is 0.0941. The highest BCUT2D eigenvalue weighted by Crippen LogP contribution is 1.99. The van der Waals surface area contributed by atoms with Gasteiger partial charge in [-0.2, -0.15) is 0 Å². The van der Waals surface area contributed by atoms with Gasteiger partial charge in [-0.15, -0.1) is 12.8 Å². The number of carbonyl (C=O) groups excluding carboxylic acids is 1. The Morgan fingerprint density at radius 2 is 1.58 bits per heavy atom. The van der Waals surface area contributed by atoms with Gasteiger partial charge in [-0.1, -0.05) is 31.6 Å². The Morgan fingerprint density at radius 1 is 0.923 bits per heavy atom. The fourth-order valence-electron chi connectivity index (χ4n) is 2.17. The van der Waals surface area contributed by atoms with Crippen LogP contribution in [0.3, 0.4) is 0 Å². The minimum absolute atomic E-state index is 0.323. The molecule has 0 fully saturated rings. The first-order valence-electron chi connectivity index (χ1n) is 9.40. The number of terminal acetylenes is 2. The molecule has 0 aromatic carbocycles. The summed E-state index contributed by atoms with van der Waals surface area (Å²) >= 11 is 0. The van der Waals surface area contributed by atoms with Gasteiger partial charge in [-0.05, 0) is 25.8 Å². The molecule has 26 heavy (non-hydrogen) atoms. The van der Waals surface area contributed by atoms with E-state index in [2.05, 4.69) is 29.0 Å². The molecule has 0 rings (SSSR count). The highest BCUT2D eigenvalue weighted by atomic mass is 16.5. The first-order valence-corrected chi connectivity index (χ1v) is 9.40. The van der Waals surface area contributed by atoms with Crippen molar-refractivity contribution in [2.45, 2.75) is 39.0 Å². The van der Waals surface area contributed by atoms with Crippen molar-refractivity contribution in [2.75, 3.05) is 59.2 Å². The van der Waals surface area contributed by atoms with Gasteiger partial charge in [-0.25, -0.2) is 4.79 Å². The fourth-order valence-corrected chi connectivity index (χ4v) is 2.17. The third kappa shape index (κ3) is 17.1. The maximum absolute atomic E-state index is 11.4. The van der Waals surface area contributed by atoms with Gasteiger partial charge in [0.2, 0.25) is 0 Å². The Bertz CT molecular complexity index is 393. The number of ether oxygens (including phenoxy) is 3. The van der Waals surface area contributed by atoms with Gasteiger partial charge in [0.25, 0.3) is 0 Å². The summed E-state index contributed by atoms with van der Waals surface area (Å²) in [7, 11) is 0. The number of alkyl carbamates (subject to hydrolysis) is 1. The molecule has 0 heterocycles. The van der Waals surface area contributed by atoms with Crippen LogP contribution in [0.15, 0.2) is 0 Å². The second-order valence-electron chi connectivity index (χ2n) is 5.83. The predicted molar refractivity (Wildman–Crippen MR) is 104 cm³/mol. The van der Waals surface area contributed by atoms with Crippen molar-refractivity contribution in [3.8, 4) is 24.7 Å². The van der Waals surface area contributed by atoms with E-state index in [0.717, 1.165) is 51.7 Å². The monoisotopic (exact) mass is 366 g/mol. The molecular weight excluding hydrogens is 332 g/mol. The van der Waals surface area contributed by atoms with Gasteiger partial charge >= 0.3 is 6.09 Å². The van der Waals surface area contributed by atoms with E-state index in [1.54, 1.807) is 0 Å². The second-order valence-corrected chi connectivity index (χ2v) is 5.83. The van der Waals surface area contributed by atoms with Crippen LogP contribution in [-0.2, 0) is 14.2 Å². The number of carbonyl (C=O) groups is 1. The number of hydrogen-bond donors (Lipinski definition) is 1. The summed E-state index contributed by atoms with van der Waals surface area (Å²) < 4.78 is 15.7. The molecule has 1 N–H and O–H groups in total. The molecule has 0 atom stereocenters. The van der Waals surface area contributed by atoms with Crippen molar-refractivity contribution in [1.29, 1.82) is 0 Å². The minimum atomic E-state index is -0.323. The van der Waals surface area contributed by atoms with E-state index in [1.807, 2.05) is 0 Å². The number of unbranched alkanes of at least 4 members (excludes halogenated alkanes) is 3. The van der Waals surface area contributed by atoms with Crippen LogP contribution in [0.1, 0.15) is 39.0 Å². The number of nitrogens with one attached hydrogen (secondary N) is 1. The molecule has 6 nitrogen and oxygen atoms in total. The van der Waals surface area contributed by atoms with Crippen LogP contribution in [-0.4, -0.2) is 70.2 Å². The van der Waals surface area contributed by atoms with Gasteiger partial charge in [0.05, 0.1) is 19.8 Å². The van der Waals surface area contributed by atoms with Crippen LogP contribution in [0.4, 0.5) is 4.79 Å². The Labute approximate surface area is 158 Å². The largest absolute Gasteiger partial charge is 0.450 e. The Morgan fingerprint density at radius 3 is 2.15 bits per heavy atom. The molecule has 0 aliphatic carbocycles. The van der Waals surface area contributed by atoms with Gasteiger partial charge in [0.15, 0.2) is 0 Å². The molecule has 148 valence electrons. The van der Waals surface area contributed by atoms with Crippen molar-refractivity contribution in [3.63, 3.8) is 0 Å². The number of hydrogen-bond acceptors (Lipinski definition) is 5. The van der Waals surface area contributed by atoms with Crippen LogP contribution in [0.25, 0.3) is 0 Å². The van der Waals surface area contributed by atoms with Crippen LogP contribution in [0.2, 0.25) is 0 Å². The van der Waals surface area contributed by atoms with E-state index in [4.69, 9.17) is 27.1 Å². The molecule has 0 bridgehead atoms. The summed E-state index contributed by atoms with van der Waals surface area (Å²) in [5, 5.41) is 2.77. The first-order chi connectivity index (χ1) is 12.7. The van der Waals surface area contributed by atoms with E-state index in [-0.39, 0.29) is 6.09 Å². The van der Waals surface area contributed by atoms with Crippen LogP contribution in [0, 0.1) is 24.7 Å². The molecular formula is C20H34N2O4. The zero-order chi connectivity index (χ0) is 19.3. The van der Waals surface area contributed by atoms with Crippen molar-refractivity contribution in [1.82, 2.24) is 10.2 Å². The van der Waals surface area contributed by atoms with Gasteiger partial charge < -0.3 is 19.5 Å². The molecule has 0 saturated heterocycles. The SMILES string of the molecule is C#CCOCCN(CCCCCNC(=O)OCCCC)CCOCC#C. The first kappa shape index (κ1) is 24.3. The van der Waals surface area contributed by atoms with Crippen molar-refractivity contribution in [2.24, 2.45) is 0 Å². The smallest absolute Gasteiger partial charge is 0.407 e. The maximum atomic E-state index is 11.4. The van der Waals surface area contributed by atoms with E-state index in [9.17, 15) is 4.79 Å². The summed E-state index contributed by atoms with van der Waals surface area (Å²) in [6.07, 6.45) is 14.9. The normalized spacial score (nSPS) is 10.3. The minimum Gasteiger partial charge on any atom is -0.450 e. The van der Waals surface area contributed by atoms with Crippen LogP contribution < -0.4 is 5.32 Å². The molecule has 6 heteroatoms. The third-order valence-electron chi connectivity index (χ3n) is 3.63. The summed E-state index contributed by atoms with van der Waals surface area (Å²) in [4.78, 5) is 13.7. The Kier molecular flexibility index (Phi) is 18.3. The van der Waals surface area contributed by atoms with E-state index in [0.29, 0.717) is 39.6 Å². The molecule has 1 amide bonds. The average molecular weight is 367 g/mol. The zero-order valence-corrected chi connectivity index (χ0v) is 16.1. The average Bonchev–Trinajstić information content (AvgIpc) is 2.64. The molecule has 0 aromatic heterocycles. The highest BCUT2D eigenvalue weighted by molar-refractivity contribution is 5.66. The summed E-state index contributed by atoms with van der Waals surface area (Å²) in [5.41, 5.74) is 0. The summed E-state index contributed by atoms with van der Waals surface area (Å²) in [6, 6.07) is 0.